The van der Waals surface area contributed by atoms with E-state index >= 15 is 0 Å². The molecule has 7 nitrogen and oxygen atoms in total. The van der Waals surface area contributed by atoms with Crippen LogP contribution in [0.25, 0.3) is 11.2 Å². The maximum absolute atomic E-state index is 4.85. The van der Waals surface area contributed by atoms with Crippen molar-refractivity contribution in [1.29, 1.82) is 0 Å². The summed E-state index contributed by atoms with van der Waals surface area (Å²) in [7, 11) is 0. The van der Waals surface area contributed by atoms with E-state index in [0.717, 1.165) is 61.2 Å². The van der Waals surface area contributed by atoms with Crippen molar-refractivity contribution in [1.82, 2.24) is 30.1 Å². The Balaban J connectivity index is 0.000000552. The van der Waals surface area contributed by atoms with Crippen molar-refractivity contribution >= 4 is 17.0 Å². The molecule has 0 aromatic carbocycles. The topological polar surface area (TPSA) is 70.4 Å². The van der Waals surface area contributed by atoms with Crippen LogP contribution in [0.3, 0.4) is 0 Å². The largest absolute Gasteiger partial charge is 0.344 e. The van der Waals surface area contributed by atoms with Gasteiger partial charge in [-0.25, -0.2) is 9.97 Å². The van der Waals surface area contributed by atoms with Crippen molar-refractivity contribution in [3.63, 3.8) is 0 Å². The molecule has 4 rings (SSSR count). The number of allylic oxidation sites excluding steroid dienone is 3. The minimum absolute atomic E-state index is 0.194. The zero-order valence-corrected chi connectivity index (χ0v) is 18.0. The number of hydrogen-bond donors (Lipinski definition) is 2. The molecule has 0 bridgehead atoms. The van der Waals surface area contributed by atoms with Crippen LogP contribution in [-0.2, 0) is 13.1 Å². The molecule has 4 heterocycles. The average Bonchev–Trinajstić information content (AvgIpc) is 3.29. The van der Waals surface area contributed by atoms with Gasteiger partial charge >= 0.3 is 0 Å². The highest BCUT2D eigenvalue weighted by atomic mass is 15.2. The molecule has 1 atom stereocenters. The molecule has 29 heavy (non-hydrogen) atoms. The fraction of sp³-hybridized carbons (Fsp3) is 0.500. The molecule has 156 valence electrons. The fourth-order valence-corrected chi connectivity index (χ4v) is 3.51. The molecule has 0 aliphatic carbocycles. The number of aromatic nitrogens is 3. The maximum Gasteiger partial charge on any atom is 0.160 e. The van der Waals surface area contributed by atoms with Gasteiger partial charge in [0.05, 0.1) is 19.1 Å². The summed E-state index contributed by atoms with van der Waals surface area (Å²) < 4.78 is 2.20. The van der Waals surface area contributed by atoms with E-state index in [4.69, 9.17) is 9.98 Å². The number of fused-ring (bicyclic) bond motifs is 1. The van der Waals surface area contributed by atoms with Gasteiger partial charge in [0.2, 0.25) is 0 Å². The number of imidazole rings is 1. The summed E-state index contributed by atoms with van der Waals surface area (Å²) in [6, 6.07) is 4.17. The van der Waals surface area contributed by atoms with E-state index in [1.54, 1.807) is 0 Å². The Morgan fingerprint density at radius 1 is 1.14 bits per heavy atom. The molecule has 1 fully saturated rings. The first-order valence-corrected chi connectivity index (χ1v) is 10.5. The summed E-state index contributed by atoms with van der Waals surface area (Å²) in [5.41, 5.74) is 3.04. The van der Waals surface area contributed by atoms with Crippen molar-refractivity contribution in [3.8, 4) is 0 Å². The quantitative estimate of drug-likeness (QED) is 0.779. The minimum atomic E-state index is 0.194. The van der Waals surface area contributed by atoms with Gasteiger partial charge < -0.3 is 15.2 Å². The SMILES string of the molecule is C/C=C1/NC(Cn2c(CN3CCNCC3)nc3cccnc32)=NC1C.C/C=C\C. The van der Waals surface area contributed by atoms with Gasteiger partial charge in [-0.1, -0.05) is 18.2 Å². The first-order valence-electron chi connectivity index (χ1n) is 10.5. The molecule has 1 unspecified atom stereocenters. The van der Waals surface area contributed by atoms with Crippen LogP contribution in [0.4, 0.5) is 0 Å². The van der Waals surface area contributed by atoms with Crippen LogP contribution in [0.2, 0.25) is 0 Å². The number of nitrogens with one attached hydrogen (secondary N) is 2. The van der Waals surface area contributed by atoms with Crippen LogP contribution in [0.1, 0.15) is 33.5 Å². The third kappa shape index (κ3) is 5.31. The van der Waals surface area contributed by atoms with E-state index in [2.05, 4.69) is 38.1 Å². The second-order valence-corrected chi connectivity index (χ2v) is 7.27. The van der Waals surface area contributed by atoms with Gasteiger partial charge in [0, 0.05) is 38.1 Å². The van der Waals surface area contributed by atoms with Crippen LogP contribution >= 0.6 is 0 Å². The summed E-state index contributed by atoms with van der Waals surface area (Å²) in [5.74, 6) is 2.04. The Bertz CT molecular complexity index is 884. The van der Waals surface area contributed by atoms with Gasteiger partial charge in [-0.15, -0.1) is 0 Å². The number of aliphatic imine (C=N–C) groups is 1. The highest BCUT2D eigenvalue weighted by Crippen LogP contribution is 2.18. The van der Waals surface area contributed by atoms with Crippen LogP contribution in [0.15, 0.2) is 47.2 Å². The number of nitrogens with zero attached hydrogens (tertiary/aromatic N) is 5. The zero-order chi connectivity index (χ0) is 20.6. The van der Waals surface area contributed by atoms with Crippen molar-refractivity contribution in [3.05, 3.63) is 48.1 Å². The molecule has 0 saturated carbocycles. The number of pyridine rings is 1. The molecule has 2 aliphatic heterocycles. The van der Waals surface area contributed by atoms with Crippen molar-refractivity contribution in [2.24, 2.45) is 4.99 Å². The molecule has 7 heteroatoms. The monoisotopic (exact) mass is 395 g/mol. The predicted molar refractivity (Wildman–Crippen MR) is 120 cm³/mol. The Morgan fingerprint density at radius 3 is 2.55 bits per heavy atom. The van der Waals surface area contributed by atoms with E-state index < -0.39 is 0 Å². The van der Waals surface area contributed by atoms with Crippen LogP contribution < -0.4 is 10.6 Å². The molecular formula is C22H33N7. The number of amidine groups is 1. The van der Waals surface area contributed by atoms with Gasteiger partial charge in [0.15, 0.2) is 5.65 Å². The summed E-state index contributed by atoms with van der Waals surface area (Å²) >= 11 is 0. The molecule has 2 aliphatic rings. The molecule has 2 aromatic rings. The molecule has 2 N–H and O–H groups in total. The number of piperazine rings is 1. The maximum atomic E-state index is 4.85. The second kappa shape index (κ2) is 10.3. The third-order valence-corrected chi connectivity index (χ3v) is 5.20. The van der Waals surface area contributed by atoms with E-state index in [9.17, 15) is 0 Å². The van der Waals surface area contributed by atoms with E-state index in [0.29, 0.717) is 6.54 Å². The highest BCUT2D eigenvalue weighted by molar-refractivity contribution is 5.87. The zero-order valence-electron chi connectivity index (χ0n) is 18.0. The van der Waals surface area contributed by atoms with Gasteiger partial charge in [0.1, 0.15) is 17.2 Å². The summed E-state index contributed by atoms with van der Waals surface area (Å²) in [4.78, 5) is 16.6. The first-order chi connectivity index (χ1) is 14.2. The molecule has 0 radical (unpaired) electrons. The van der Waals surface area contributed by atoms with Crippen molar-refractivity contribution in [2.75, 3.05) is 26.2 Å². The third-order valence-electron chi connectivity index (χ3n) is 5.20. The Labute approximate surface area is 173 Å². The van der Waals surface area contributed by atoms with Crippen LogP contribution in [0, 0.1) is 0 Å². The van der Waals surface area contributed by atoms with Gasteiger partial charge in [-0.05, 0) is 39.8 Å². The number of hydrogen-bond acceptors (Lipinski definition) is 6. The first kappa shape index (κ1) is 21.2. The Kier molecular flexibility index (Phi) is 7.55. The highest BCUT2D eigenvalue weighted by Gasteiger charge is 2.21. The molecule has 1 saturated heterocycles. The average molecular weight is 396 g/mol. The van der Waals surface area contributed by atoms with Crippen molar-refractivity contribution < 1.29 is 0 Å². The van der Waals surface area contributed by atoms with Crippen molar-refractivity contribution in [2.45, 2.75) is 46.8 Å². The van der Waals surface area contributed by atoms with Gasteiger partial charge in [-0.2, -0.15) is 0 Å². The van der Waals surface area contributed by atoms with Gasteiger partial charge in [0.25, 0.3) is 0 Å². The van der Waals surface area contributed by atoms with Crippen LogP contribution in [-0.4, -0.2) is 57.5 Å². The lowest BCUT2D eigenvalue weighted by atomic mass is 10.2. The lowest BCUT2D eigenvalue weighted by molar-refractivity contribution is 0.226. The predicted octanol–water partition coefficient (Wildman–Crippen LogP) is 2.71. The standard InChI is InChI=1S/C18H25N7.C4H8/c1-3-14-13(2)21-16(22-14)11-25-17(12-24-9-7-19-8-10-24)23-15-5-4-6-20-18(15)25;1-3-4-2/h3-6,13,19H,7-12H2,1-2H3,(H,21,22);3-4H,1-2H3/b14-3+;4-3-. The fourth-order valence-electron chi connectivity index (χ4n) is 3.51. The molecule has 0 spiro atoms. The molecular weight excluding hydrogens is 362 g/mol. The summed E-state index contributed by atoms with van der Waals surface area (Å²) in [5, 5.41) is 6.84. The minimum Gasteiger partial charge on any atom is -0.344 e. The smallest absolute Gasteiger partial charge is 0.160 e. The lowest BCUT2D eigenvalue weighted by Gasteiger charge is -2.27. The normalized spacial score (nSPS) is 21.3. The Hall–Kier alpha value is -2.51. The van der Waals surface area contributed by atoms with Crippen LogP contribution in [0.5, 0.6) is 0 Å². The summed E-state index contributed by atoms with van der Waals surface area (Å²) in [6.07, 6.45) is 7.92. The lowest BCUT2D eigenvalue weighted by Crippen LogP contribution is -2.43. The summed E-state index contributed by atoms with van der Waals surface area (Å²) in [6.45, 7) is 13.9. The van der Waals surface area contributed by atoms with Gasteiger partial charge in [-0.3, -0.25) is 9.89 Å². The second-order valence-electron chi connectivity index (χ2n) is 7.27. The Morgan fingerprint density at radius 2 is 1.90 bits per heavy atom. The molecule has 2 aromatic heterocycles. The van der Waals surface area contributed by atoms with E-state index in [-0.39, 0.29) is 6.04 Å². The van der Waals surface area contributed by atoms with E-state index in [1.165, 1.54) is 0 Å². The van der Waals surface area contributed by atoms with E-state index in [1.807, 2.05) is 51.3 Å². The number of rotatable bonds is 4. The molecule has 0 amide bonds.